The summed E-state index contributed by atoms with van der Waals surface area (Å²) in [5.74, 6) is 1.65. The molecule has 2 unspecified atom stereocenters. The molecular formula is C18H25N3. The number of amidine groups is 1. The molecule has 1 aromatic rings. The van der Waals surface area contributed by atoms with Crippen LogP contribution in [0.15, 0.2) is 29.3 Å². The van der Waals surface area contributed by atoms with Crippen molar-refractivity contribution in [2.24, 2.45) is 10.9 Å². The Kier molecular flexibility index (Phi) is 3.75. The van der Waals surface area contributed by atoms with Gasteiger partial charge < -0.3 is 10.2 Å². The molecule has 1 N–H and O–H groups in total. The maximum absolute atomic E-state index is 4.59. The van der Waals surface area contributed by atoms with E-state index in [9.17, 15) is 0 Å². The number of aryl methyl sites for hydroxylation is 1. The Balaban J connectivity index is 2.07. The molecule has 2 aliphatic heterocycles. The summed E-state index contributed by atoms with van der Waals surface area (Å²) in [6, 6.07) is 7.09. The van der Waals surface area contributed by atoms with Gasteiger partial charge >= 0.3 is 0 Å². The zero-order valence-electron chi connectivity index (χ0n) is 13.5. The summed E-state index contributed by atoms with van der Waals surface area (Å²) in [5.41, 5.74) is 5.47. The average Bonchev–Trinajstić information content (AvgIpc) is 2.94. The Morgan fingerprint density at radius 3 is 2.81 bits per heavy atom. The van der Waals surface area contributed by atoms with Crippen molar-refractivity contribution in [3.05, 3.63) is 35.4 Å². The van der Waals surface area contributed by atoms with E-state index in [0.29, 0.717) is 12.0 Å². The molecule has 0 amide bonds. The molecule has 0 aliphatic carbocycles. The summed E-state index contributed by atoms with van der Waals surface area (Å²) in [4.78, 5) is 7.12. The van der Waals surface area contributed by atoms with Crippen molar-refractivity contribution < 1.29 is 0 Å². The van der Waals surface area contributed by atoms with Crippen molar-refractivity contribution in [1.29, 1.82) is 0 Å². The monoisotopic (exact) mass is 283 g/mol. The lowest BCUT2D eigenvalue weighted by Gasteiger charge is -2.34. The first-order valence-corrected chi connectivity index (χ1v) is 7.90. The minimum absolute atomic E-state index is 0.465. The number of fused-ring (bicyclic) bond motifs is 1. The number of nitrogens with zero attached hydrogens (tertiary/aromatic N) is 2. The lowest BCUT2D eigenvalue weighted by molar-refractivity contribution is 0.545. The summed E-state index contributed by atoms with van der Waals surface area (Å²) < 4.78 is 0. The Bertz CT molecular complexity index is 600. The van der Waals surface area contributed by atoms with Crippen LogP contribution in [0.4, 0.5) is 5.69 Å². The zero-order valence-corrected chi connectivity index (χ0v) is 13.5. The molecule has 0 saturated carbocycles. The SMILES string of the molecule is CC1=CC(C)C(C)N(CC2=NCCN2)c2c(C)cccc21. The molecule has 1 aromatic carbocycles. The van der Waals surface area contributed by atoms with Crippen LogP contribution in [0.25, 0.3) is 5.57 Å². The molecular weight excluding hydrogens is 258 g/mol. The lowest BCUT2D eigenvalue weighted by atomic mass is 9.99. The highest BCUT2D eigenvalue weighted by Gasteiger charge is 2.28. The van der Waals surface area contributed by atoms with Crippen LogP contribution in [0.5, 0.6) is 0 Å². The number of rotatable bonds is 2. The second kappa shape index (κ2) is 5.55. The number of anilines is 1. The van der Waals surface area contributed by atoms with E-state index in [-0.39, 0.29) is 0 Å². The first kappa shape index (κ1) is 14.2. The number of benzene rings is 1. The molecule has 0 spiro atoms. The number of hydrogen-bond donors (Lipinski definition) is 1. The van der Waals surface area contributed by atoms with E-state index >= 15 is 0 Å². The smallest absolute Gasteiger partial charge is 0.116 e. The van der Waals surface area contributed by atoms with Crippen LogP contribution in [0, 0.1) is 12.8 Å². The average molecular weight is 283 g/mol. The molecule has 0 radical (unpaired) electrons. The van der Waals surface area contributed by atoms with E-state index in [1.54, 1.807) is 0 Å². The van der Waals surface area contributed by atoms with Crippen LogP contribution in [0.1, 0.15) is 31.9 Å². The van der Waals surface area contributed by atoms with Crippen molar-refractivity contribution in [3.8, 4) is 0 Å². The lowest BCUT2D eigenvalue weighted by Crippen LogP contribution is -2.43. The zero-order chi connectivity index (χ0) is 15.0. The highest BCUT2D eigenvalue weighted by atomic mass is 15.2. The van der Waals surface area contributed by atoms with Crippen LogP contribution in [0.3, 0.4) is 0 Å². The fraction of sp³-hybridized carbons (Fsp3) is 0.500. The van der Waals surface area contributed by atoms with E-state index in [0.717, 1.165) is 25.5 Å². The topological polar surface area (TPSA) is 27.6 Å². The molecule has 3 rings (SSSR count). The van der Waals surface area contributed by atoms with E-state index in [1.165, 1.54) is 22.4 Å². The maximum atomic E-state index is 4.59. The summed E-state index contributed by atoms with van der Waals surface area (Å²) in [6.45, 7) is 11.8. The maximum Gasteiger partial charge on any atom is 0.116 e. The highest BCUT2D eigenvalue weighted by molar-refractivity contribution is 5.90. The van der Waals surface area contributed by atoms with Crippen molar-refractivity contribution in [3.63, 3.8) is 0 Å². The Labute approximate surface area is 127 Å². The summed E-state index contributed by atoms with van der Waals surface area (Å²) in [7, 11) is 0. The van der Waals surface area contributed by atoms with E-state index in [1.807, 2.05) is 0 Å². The number of aliphatic imine (C=N–C) groups is 1. The van der Waals surface area contributed by atoms with Crippen molar-refractivity contribution in [2.45, 2.75) is 33.7 Å². The van der Waals surface area contributed by atoms with Gasteiger partial charge in [-0.25, -0.2) is 0 Å². The van der Waals surface area contributed by atoms with Crippen LogP contribution in [-0.2, 0) is 0 Å². The van der Waals surface area contributed by atoms with Gasteiger partial charge in [-0.1, -0.05) is 31.2 Å². The molecule has 2 atom stereocenters. The molecule has 0 saturated heterocycles. The third-order valence-electron chi connectivity index (χ3n) is 4.78. The summed E-state index contributed by atoms with van der Waals surface area (Å²) in [5, 5.41) is 3.41. The second-order valence-corrected chi connectivity index (χ2v) is 6.30. The minimum Gasteiger partial charge on any atom is -0.370 e. The van der Waals surface area contributed by atoms with Gasteiger partial charge in [0.15, 0.2) is 0 Å². The van der Waals surface area contributed by atoms with Crippen molar-refractivity contribution in [1.82, 2.24) is 5.32 Å². The molecule has 0 aromatic heterocycles. The van der Waals surface area contributed by atoms with Crippen LogP contribution in [-0.4, -0.2) is 31.5 Å². The fourth-order valence-corrected chi connectivity index (χ4v) is 3.41. The third-order valence-corrected chi connectivity index (χ3v) is 4.78. The predicted octanol–water partition coefficient (Wildman–Crippen LogP) is 3.24. The molecule has 0 fully saturated rings. The number of allylic oxidation sites excluding steroid dienone is 1. The Hall–Kier alpha value is -1.77. The van der Waals surface area contributed by atoms with E-state index < -0.39 is 0 Å². The first-order valence-electron chi connectivity index (χ1n) is 7.90. The first-order chi connectivity index (χ1) is 10.1. The van der Waals surface area contributed by atoms with Crippen LogP contribution >= 0.6 is 0 Å². The molecule has 112 valence electrons. The minimum atomic E-state index is 0.465. The third kappa shape index (κ3) is 2.57. The highest BCUT2D eigenvalue weighted by Crippen LogP contribution is 2.37. The van der Waals surface area contributed by atoms with Gasteiger partial charge in [-0.3, -0.25) is 4.99 Å². The predicted molar refractivity (Wildman–Crippen MR) is 91.1 cm³/mol. The van der Waals surface area contributed by atoms with Gasteiger partial charge in [-0.2, -0.15) is 0 Å². The Morgan fingerprint density at radius 2 is 2.10 bits per heavy atom. The van der Waals surface area contributed by atoms with Crippen molar-refractivity contribution >= 4 is 17.1 Å². The van der Waals surface area contributed by atoms with Crippen LogP contribution < -0.4 is 10.2 Å². The number of hydrogen-bond acceptors (Lipinski definition) is 3. The van der Waals surface area contributed by atoms with Gasteiger partial charge in [0.25, 0.3) is 0 Å². The fourth-order valence-electron chi connectivity index (χ4n) is 3.41. The van der Waals surface area contributed by atoms with E-state index in [2.05, 4.69) is 67.2 Å². The number of nitrogens with one attached hydrogen (secondary N) is 1. The van der Waals surface area contributed by atoms with Crippen molar-refractivity contribution in [2.75, 3.05) is 24.5 Å². The largest absolute Gasteiger partial charge is 0.370 e. The van der Waals surface area contributed by atoms with Gasteiger partial charge in [-0.15, -0.1) is 0 Å². The van der Waals surface area contributed by atoms with Gasteiger partial charge in [0.1, 0.15) is 5.84 Å². The standard InChI is InChI=1S/C18H25N3/c1-12-6-5-7-16-14(3)10-13(2)15(4)21(18(12)16)11-17-19-8-9-20-17/h5-7,10,13,15H,8-9,11H2,1-4H3,(H,19,20). The molecule has 0 bridgehead atoms. The van der Waals surface area contributed by atoms with Crippen LogP contribution in [0.2, 0.25) is 0 Å². The molecule has 21 heavy (non-hydrogen) atoms. The molecule has 3 heteroatoms. The molecule has 3 nitrogen and oxygen atoms in total. The quantitative estimate of drug-likeness (QED) is 0.902. The second-order valence-electron chi connectivity index (χ2n) is 6.30. The molecule has 2 aliphatic rings. The molecule has 2 heterocycles. The summed E-state index contributed by atoms with van der Waals surface area (Å²) in [6.07, 6.45) is 2.41. The van der Waals surface area contributed by atoms with Gasteiger partial charge in [0.2, 0.25) is 0 Å². The van der Waals surface area contributed by atoms with Gasteiger partial charge in [0, 0.05) is 23.8 Å². The summed E-state index contributed by atoms with van der Waals surface area (Å²) >= 11 is 0. The van der Waals surface area contributed by atoms with E-state index in [4.69, 9.17) is 0 Å². The normalized spacial score (nSPS) is 24.9. The number of para-hydroxylation sites is 1. The Morgan fingerprint density at radius 1 is 1.29 bits per heavy atom. The van der Waals surface area contributed by atoms with Gasteiger partial charge in [-0.05, 0) is 37.8 Å². The van der Waals surface area contributed by atoms with Gasteiger partial charge in [0.05, 0.1) is 13.1 Å².